The first kappa shape index (κ1) is 24.9. The maximum absolute atomic E-state index is 13.6. The molecule has 0 spiro atoms. The van der Waals surface area contributed by atoms with Crippen LogP contribution in [0.2, 0.25) is 0 Å². The van der Waals surface area contributed by atoms with Crippen LogP contribution in [0.3, 0.4) is 0 Å². The number of dihydropyridines is 1. The maximum Gasteiger partial charge on any atom is 0.254 e. The summed E-state index contributed by atoms with van der Waals surface area (Å²) in [5, 5.41) is 10.1. The summed E-state index contributed by atoms with van der Waals surface area (Å²) in [6.07, 6.45) is 1.91. The molecular formula is C28H26N4O3S2. The summed E-state index contributed by atoms with van der Waals surface area (Å²) >= 11 is 7.20. The second kappa shape index (κ2) is 10.3. The molecule has 1 aromatic heterocycles. The third kappa shape index (κ3) is 4.80. The van der Waals surface area contributed by atoms with Gasteiger partial charge in [0.2, 0.25) is 5.91 Å². The van der Waals surface area contributed by atoms with E-state index in [1.165, 1.54) is 11.8 Å². The highest BCUT2D eigenvalue weighted by Crippen LogP contribution is 2.46. The molecule has 9 heteroatoms. The van der Waals surface area contributed by atoms with Crippen LogP contribution in [0.15, 0.2) is 88.7 Å². The summed E-state index contributed by atoms with van der Waals surface area (Å²) < 4.78 is 7.11. The topological polar surface area (TPSA) is 84.4 Å². The van der Waals surface area contributed by atoms with Gasteiger partial charge in [0.1, 0.15) is 10.7 Å². The van der Waals surface area contributed by atoms with E-state index in [4.69, 9.17) is 17.0 Å². The van der Waals surface area contributed by atoms with Crippen LogP contribution in [-0.2, 0) is 9.59 Å². The molecule has 7 nitrogen and oxygen atoms in total. The molecule has 2 aliphatic heterocycles. The van der Waals surface area contributed by atoms with Crippen LogP contribution >= 0.6 is 24.0 Å². The van der Waals surface area contributed by atoms with Crippen molar-refractivity contribution in [1.82, 2.24) is 9.88 Å². The molecule has 3 heterocycles. The maximum atomic E-state index is 13.6. The quantitative estimate of drug-likeness (QED) is 0.365. The minimum absolute atomic E-state index is 0.144. The number of rotatable bonds is 7. The molecule has 5 rings (SSSR count). The Hall–Kier alpha value is -3.82. The third-order valence-corrected chi connectivity index (χ3v) is 7.85. The molecule has 0 saturated heterocycles. The largest absolute Gasteiger partial charge is 0.497 e. The van der Waals surface area contributed by atoms with E-state index < -0.39 is 0 Å². The van der Waals surface area contributed by atoms with Gasteiger partial charge >= 0.3 is 0 Å². The lowest BCUT2D eigenvalue weighted by atomic mass is 9.86. The number of methoxy groups -OCH3 is 1. The third-order valence-electron chi connectivity index (χ3n) is 6.41. The molecule has 3 N–H and O–H groups in total. The van der Waals surface area contributed by atoms with Gasteiger partial charge in [-0.25, -0.2) is 0 Å². The molecule has 188 valence electrons. The van der Waals surface area contributed by atoms with Crippen molar-refractivity contribution in [1.29, 1.82) is 0 Å². The number of hydrogen-bond acceptors (Lipinski definition) is 6. The Bertz CT molecular complexity index is 1470. The number of fused-ring (bicyclic) bond motifs is 3. The van der Waals surface area contributed by atoms with E-state index in [0.29, 0.717) is 16.2 Å². The van der Waals surface area contributed by atoms with Crippen LogP contribution in [-0.4, -0.2) is 34.2 Å². The second-order valence-corrected chi connectivity index (χ2v) is 10.2. The summed E-state index contributed by atoms with van der Waals surface area (Å²) in [4.78, 5) is 26.9. The summed E-state index contributed by atoms with van der Waals surface area (Å²) in [6, 6.07) is 18.8. The SMILES string of the molecule is COc1ccc(NC(=O)CSC2=C3C(=S)n4cccc4C3C(C(=O)Nc3ccccc3C)=C(C)N2)cc1. The van der Waals surface area contributed by atoms with Gasteiger partial charge in [-0.05, 0) is 61.9 Å². The van der Waals surface area contributed by atoms with Crippen LogP contribution in [0.1, 0.15) is 24.1 Å². The van der Waals surface area contributed by atoms with Crippen molar-refractivity contribution < 1.29 is 14.3 Å². The van der Waals surface area contributed by atoms with Crippen molar-refractivity contribution >= 4 is 52.2 Å². The highest BCUT2D eigenvalue weighted by atomic mass is 32.2. The van der Waals surface area contributed by atoms with Gasteiger partial charge in [-0.15, -0.1) is 0 Å². The summed E-state index contributed by atoms with van der Waals surface area (Å²) in [5.74, 6) is 0.260. The molecule has 0 fully saturated rings. The zero-order valence-corrected chi connectivity index (χ0v) is 22.3. The summed E-state index contributed by atoms with van der Waals surface area (Å²) in [7, 11) is 1.60. The number of aryl methyl sites for hydroxylation is 1. The van der Waals surface area contributed by atoms with Gasteiger partial charge < -0.3 is 25.3 Å². The fourth-order valence-electron chi connectivity index (χ4n) is 4.58. The number of allylic oxidation sites excluding steroid dienone is 2. The Morgan fingerprint density at radius 2 is 1.81 bits per heavy atom. The molecule has 2 aliphatic rings. The van der Waals surface area contributed by atoms with E-state index in [2.05, 4.69) is 16.0 Å². The average molecular weight is 531 g/mol. The van der Waals surface area contributed by atoms with E-state index in [1.807, 2.05) is 61.0 Å². The number of para-hydroxylation sites is 1. The lowest BCUT2D eigenvalue weighted by Crippen LogP contribution is -2.31. The Labute approximate surface area is 225 Å². The molecule has 2 amide bonds. The fourth-order valence-corrected chi connectivity index (χ4v) is 5.98. The number of aromatic nitrogens is 1. The van der Waals surface area contributed by atoms with Crippen molar-refractivity contribution in [2.75, 3.05) is 23.5 Å². The van der Waals surface area contributed by atoms with Gasteiger partial charge in [0.15, 0.2) is 0 Å². The van der Waals surface area contributed by atoms with Crippen molar-refractivity contribution in [3.05, 3.63) is 100.0 Å². The van der Waals surface area contributed by atoms with Crippen molar-refractivity contribution in [2.45, 2.75) is 19.8 Å². The predicted molar refractivity (Wildman–Crippen MR) is 152 cm³/mol. The molecule has 1 atom stereocenters. The molecule has 0 saturated carbocycles. The first-order valence-corrected chi connectivity index (χ1v) is 13.1. The van der Waals surface area contributed by atoms with E-state index in [9.17, 15) is 9.59 Å². The number of hydrogen-bond donors (Lipinski definition) is 3. The second-order valence-electron chi connectivity index (χ2n) is 8.78. The van der Waals surface area contributed by atoms with Gasteiger partial charge in [0.25, 0.3) is 5.91 Å². The number of ether oxygens (including phenoxy) is 1. The zero-order valence-electron chi connectivity index (χ0n) is 20.6. The van der Waals surface area contributed by atoms with E-state index >= 15 is 0 Å². The van der Waals surface area contributed by atoms with Crippen LogP contribution in [0, 0.1) is 6.92 Å². The monoisotopic (exact) mass is 530 g/mol. The lowest BCUT2D eigenvalue weighted by Gasteiger charge is -2.28. The molecule has 0 bridgehead atoms. The zero-order chi connectivity index (χ0) is 26.1. The summed E-state index contributed by atoms with van der Waals surface area (Å²) in [5.41, 5.74) is 5.57. The number of thiocarbonyl (C=S) groups is 1. The van der Waals surface area contributed by atoms with Crippen LogP contribution in [0.4, 0.5) is 11.4 Å². The molecule has 2 aromatic carbocycles. The molecular weight excluding hydrogens is 504 g/mol. The highest BCUT2D eigenvalue weighted by molar-refractivity contribution is 8.03. The first-order valence-electron chi connectivity index (χ1n) is 11.7. The molecule has 0 aliphatic carbocycles. The number of carbonyl (C=O) groups excluding carboxylic acids is 2. The number of benzene rings is 2. The predicted octanol–water partition coefficient (Wildman–Crippen LogP) is 5.18. The number of nitrogens with one attached hydrogen (secondary N) is 3. The molecule has 1 unspecified atom stereocenters. The summed E-state index contributed by atoms with van der Waals surface area (Å²) in [6.45, 7) is 3.85. The number of anilines is 2. The Morgan fingerprint density at radius 1 is 1.05 bits per heavy atom. The normalized spacial score (nSPS) is 16.2. The van der Waals surface area contributed by atoms with Gasteiger partial charge in [-0.1, -0.05) is 42.2 Å². The van der Waals surface area contributed by atoms with E-state index in [1.54, 1.807) is 31.4 Å². The molecule has 0 radical (unpaired) electrons. The van der Waals surface area contributed by atoms with Gasteiger partial charge in [0, 0.05) is 40.1 Å². The molecule has 3 aromatic rings. The fraction of sp³-hybridized carbons (Fsp3) is 0.179. The Balaban J connectivity index is 1.38. The van der Waals surface area contributed by atoms with Gasteiger partial charge in [-0.2, -0.15) is 0 Å². The van der Waals surface area contributed by atoms with Crippen molar-refractivity contribution in [3.8, 4) is 5.75 Å². The van der Waals surface area contributed by atoms with Crippen molar-refractivity contribution in [2.24, 2.45) is 0 Å². The van der Waals surface area contributed by atoms with E-state index in [0.717, 1.165) is 39.0 Å². The minimum atomic E-state index is -0.320. The minimum Gasteiger partial charge on any atom is -0.497 e. The highest BCUT2D eigenvalue weighted by Gasteiger charge is 2.42. The number of carbonyl (C=O) groups is 2. The number of amides is 2. The van der Waals surface area contributed by atoms with Crippen molar-refractivity contribution in [3.63, 3.8) is 0 Å². The van der Waals surface area contributed by atoms with Crippen LogP contribution < -0.4 is 20.7 Å². The lowest BCUT2D eigenvalue weighted by molar-refractivity contribution is -0.114. The van der Waals surface area contributed by atoms with Crippen LogP contribution in [0.5, 0.6) is 5.75 Å². The number of thioether (sulfide) groups is 1. The van der Waals surface area contributed by atoms with Crippen LogP contribution in [0.25, 0.3) is 0 Å². The van der Waals surface area contributed by atoms with Gasteiger partial charge in [0.05, 0.1) is 23.8 Å². The first-order chi connectivity index (χ1) is 17.9. The van der Waals surface area contributed by atoms with E-state index in [-0.39, 0.29) is 23.5 Å². The Kier molecular flexibility index (Phi) is 6.90. The Morgan fingerprint density at radius 3 is 2.54 bits per heavy atom. The smallest absolute Gasteiger partial charge is 0.254 e. The van der Waals surface area contributed by atoms with Gasteiger partial charge in [-0.3, -0.25) is 9.59 Å². The standard InChI is InChI=1S/C28H26N4O3S2/c1-16-7-4-5-8-20(16)31-26(34)23-17(2)29-27(25-24(23)21-9-6-14-32(21)28(25)36)37-15-22(33)30-18-10-12-19(35-3)13-11-18/h4-14,24,29H,15H2,1-3H3,(H,30,33)(H,31,34). The number of nitrogens with zero attached hydrogens (tertiary/aromatic N) is 1. The molecule has 37 heavy (non-hydrogen) atoms. The average Bonchev–Trinajstić information content (AvgIpc) is 3.47.